The van der Waals surface area contributed by atoms with E-state index in [1.54, 1.807) is 0 Å². The molecule has 1 N–H and O–H groups in total. The SMILES string of the molecule is CCOC(=O)C(NCCN=[N+]=[N-])C1CCCC1. The van der Waals surface area contributed by atoms with Gasteiger partial charge in [-0.3, -0.25) is 4.79 Å². The van der Waals surface area contributed by atoms with Gasteiger partial charge in [-0.15, -0.1) is 0 Å². The molecule has 1 fully saturated rings. The average molecular weight is 240 g/mol. The second kappa shape index (κ2) is 7.92. The van der Waals surface area contributed by atoms with Gasteiger partial charge in [-0.25, -0.2) is 0 Å². The van der Waals surface area contributed by atoms with Gasteiger partial charge >= 0.3 is 5.97 Å². The lowest BCUT2D eigenvalue weighted by Gasteiger charge is -2.22. The third-order valence-electron chi connectivity index (χ3n) is 3.05. The first-order chi connectivity index (χ1) is 8.29. The van der Waals surface area contributed by atoms with Crippen LogP contribution in [-0.2, 0) is 9.53 Å². The number of nitrogens with zero attached hydrogens (tertiary/aromatic N) is 3. The maximum atomic E-state index is 11.8. The van der Waals surface area contributed by atoms with E-state index in [4.69, 9.17) is 10.3 Å². The molecule has 0 heterocycles. The molecule has 0 saturated heterocycles. The van der Waals surface area contributed by atoms with E-state index in [9.17, 15) is 4.79 Å². The summed E-state index contributed by atoms with van der Waals surface area (Å²) in [5.41, 5.74) is 8.18. The van der Waals surface area contributed by atoms with Crippen LogP contribution < -0.4 is 5.32 Å². The van der Waals surface area contributed by atoms with Crippen LogP contribution >= 0.6 is 0 Å². The van der Waals surface area contributed by atoms with Crippen LogP contribution in [0.15, 0.2) is 5.11 Å². The Bertz CT molecular complexity index is 283. The highest BCUT2D eigenvalue weighted by Gasteiger charge is 2.30. The Hall–Kier alpha value is -1.26. The van der Waals surface area contributed by atoms with Crippen molar-refractivity contribution in [2.24, 2.45) is 11.0 Å². The molecular weight excluding hydrogens is 220 g/mol. The number of hydrogen-bond donors (Lipinski definition) is 1. The molecule has 1 aliphatic carbocycles. The second-order valence-electron chi connectivity index (χ2n) is 4.18. The first kappa shape index (κ1) is 13.8. The highest BCUT2D eigenvalue weighted by molar-refractivity contribution is 5.76. The number of esters is 1. The minimum atomic E-state index is -0.244. The smallest absolute Gasteiger partial charge is 0.323 e. The van der Waals surface area contributed by atoms with Gasteiger partial charge in [0.2, 0.25) is 0 Å². The molecule has 17 heavy (non-hydrogen) atoms. The summed E-state index contributed by atoms with van der Waals surface area (Å²) in [7, 11) is 0. The lowest BCUT2D eigenvalue weighted by Crippen LogP contribution is -2.44. The van der Waals surface area contributed by atoms with Crippen LogP contribution in [0.2, 0.25) is 0 Å². The molecule has 6 nitrogen and oxygen atoms in total. The molecule has 1 aliphatic rings. The molecule has 0 aliphatic heterocycles. The number of nitrogens with one attached hydrogen (secondary N) is 1. The zero-order valence-electron chi connectivity index (χ0n) is 10.3. The summed E-state index contributed by atoms with van der Waals surface area (Å²) < 4.78 is 5.07. The van der Waals surface area contributed by atoms with E-state index in [-0.39, 0.29) is 12.0 Å². The highest BCUT2D eigenvalue weighted by atomic mass is 16.5. The molecule has 0 aromatic heterocycles. The molecular formula is C11H20N4O2. The minimum absolute atomic E-state index is 0.180. The molecule has 1 atom stereocenters. The van der Waals surface area contributed by atoms with Crippen LogP contribution in [0.25, 0.3) is 10.4 Å². The van der Waals surface area contributed by atoms with E-state index in [0.717, 1.165) is 12.8 Å². The van der Waals surface area contributed by atoms with Crippen LogP contribution in [-0.4, -0.2) is 31.7 Å². The fourth-order valence-corrected chi connectivity index (χ4v) is 2.28. The second-order valence-corrected chi connectivity index (χ2v) is 4.18. The van der Waals surface area contributed by atoms with Crippen LogP contribution in [0, 0.1) is 5.92 Å². The summed E-state index contributed by atoms with van der Waals surface area (Å²) in [6.07, 6.45) is 4.49. The topological polar surface area (TPSA) is 87.1 Å². The average Bonchev–Trinajstić information content (AvgIpc) is 2.83. The summed E-state index contributed by atoms with van der Waals surface area (Å²) in [6.45, 7) is 3.09. The first-order valence-corrected chi connectivity index (χ1v) is 6.20. The van der Waals surface area contributed by atoms with E-state index in [1.165, 1.54) is 12.8 Å². The van der Waals surface area contributed by atoms with E-state index in [2.05, 4.69) is 15.3 Å². The monoisotopic (exact) mass is 240 g/mol. The first-order valence-electron chi connectivity index (χ1n) is 6.20. The van der Waals surface area contributed by atoms with Crippen molar-refractivity contribution in [1.29, 1.82) is 0 Å². The van der Waals surface area contributed by atoms with Crippen molar-refractivity contribution in [3.05, 3.63) is 10.4 Å². The van der Waals surface area contributed by atoms with Crippen LogP contribution in [0.5, 0.6) is 0 Å². The maximum Gasteiger partial charge on any atom is 0.323 e. The van der Waals surface area contributed by atoms with Crippen molar-refractivity contribution in [3.63, 3.8) is 0 Å². The third-order valence-corrected chi connectivity index (χ3v) is 3.05. The summed E-state index contributed by atoms with van der Waals surface area (Å²) >= 11 is 0. The summed E-state index contributed by atoms with van der Waals surface area (Å²) in [5.74, 6) is 0.181. The van der Waals surface area contributed by atoms with Gasteiger partial charge in [-0.1, -0.05) is 18.0 Å². The lowest BCUT2D eigenvalue weighted by atomic mass is 9.98. The third kappa shape index (κ3) is 4.63. The van der Waals surface area contributed by atoms with Gasteiger partial charge in [0.05, 0.1) is 6.61 Å². The number of azide groups is 1. The fourth-order valence-electron chi connectivity index (χ4n) is 2.28. The molecule has 6 heteroatoms. The molecule has 0 spiro atoms. The molecule has 0 bridgehead atoms. The molecule has 0 amide bonds. The van der Waals surface area contributed by atoms with Crippen molar-refractivity contribution in [2.75, 3.05) is 19.7 Å². The molecule has 0 aromatic rings. The molecule has 0 radical (unpaired) electrons. The molecule has 1 unspecified atom stereocenters. The molecule has 96 valence electrons. The number of carbonyl (C=O) groups is 1. The zero-order chi connectivity index (χ0) is 12.5. The van der Waals surface area contributed by atoms with Gasteiger partial charge in [0.15, 0.2) is 0 Å². The summed E-state index contributed by atoms with van der Waals surface area (Å²) in [4.78, 5) is 14.5. The van der Waals surface area contributed by atoms with Crippen LogP contribution in [0.4, 0.5) is 0 Å². The highest BCUT2D eigenvalue weighted by Crippen LogP contribution is 2.28. The quantitative estimate of drug-likeness (QED) is 0.243. The van der Waals surface area contributed by atoms with Crippen molar-refractivity contribution in [3.8, 4) is 0 Å². The maximum absolute atomic E-state index is 11.8. The Morgan fingerprint density at radius 2 is 2.29 bits per heavy atom. The van der Waals surface area contributed by atoms with E-state index >= 15 is 0 Å². The number of hydrogen-bond acceptors (Lipinski definition) is 4. The Balaban J connectivity index is 2.45. The Morgan fingerprint density at radius 3 is 2.88 bits per heavy atom. The Kier molecular flexibility index (Phi) is 6.43. The molecule has 1 saturated carbocycles. The lowest BCUT2D eigenvalue weighted by molar-refractivity contribution is -0.147. The summed E-state index contributed by atoms with van der Waals surface area (Å²) in [5, 5.41) is 6.58. The largest absolute Gasteiger partial charge is 0.465 e. The number of carbonyl (C=O) groups excluding carboxylic acids is 1. The van der Waals surface area contributed by atoms with Gasteiger partial charge in [0.1, 0.15) is 6.04 Å². The van der Waals surface area contributed by atoms with Gasteiger partial charge in [-0.2, -0.15) is 0 Å². The van der Waals surface area contributed by atoms with Crippen LogP contribution in [0.3, 0.4) is 0 Å². The van der Waals surface area contributed by atoms with Gasteiger partial charge in [-0.05, 0) is 31.2 Å². The van der Waals surface area contributed by atoms with E-state index < -0.39 is 0 Å². The van der Waals surface area contributed by atoms with Gasteiger partial charge in [0, 0.05) is 18.0 Å². The zero-order valence-corrected chi connectivity index (χ0v) is 10.3. The normalized spacial score (nSPS) is 17.5. The molecule has 1 rings (SSSR count). The fraction of sp³-hybridized carbons (Fsp3) is 0.909. The minimum Gasteiger partial charge on any atom is -0.465 e. The van der Waals surface area contributed by atoms with Crippen molar-refractivity contribution < 1.29 is 9.53 Å². The van der Waals surface area contributed by atoms with Crippen LogP contribution in [0.1, 0.15) is 32.6 Å². The summed E-state index contributed by atoms with van der Waals surface area (Å²) in [6, 6.07) is -0.244. The van der Waals surface area contributed by atoms with E-state index in [1.807, 2.05) is 6.92 Å². The number of ether oxygens (including phenoxy) is 1. The van der Waals surface area contributed by atoms with Crippen molar-refractivity contribution >= 4 is 5.97 Å². The Morgan fingerprint density at radius 1 is 1.59 bits per heavy atom. The predicted molar refractivity (Wildman–Crippen MR) is 64.4 cm³/mol. The van der Waals surface area contributed by atoms with Crippen molar-refractivity contribution in [1.82, 2.24) is 5.32 Å². The van der Waals surface area contributed by atoms with Gasteiger partial charge in [0.25, 0.3) is 0 Å². The van der Waals surface area contributed by atoms with Gasteiger partial charge < -0.3 is 10.1 Å². The predicted octanol–water partition coefficient (Wildman–Crippen LogP) is 2.01. The Labute approximate surface area is 101 Å². The van der Waals surface area contributed by atoms with E-state index in [0.29, 0.717) is 25.6 Å². The standard InChI is InChI=1S/C11H20N4O2/c1-2-17-11(16)10(9-5-3-4-6-9)13-7-8-14-15-12/h9-10,13H,2-8H2,1H3. The molecule has 0 aromatic carbocycles. The van der Waals surface area contributed by atoms with Crippen molar-refractivity contribution in [2.45, 2.75) is 38.6 Å². The number of rotatable bonds is 7.